The lowest BCUT2D eigenvalue weighted by Crippen LogP contribution is -2.24. The van der Waals surface area contributed by atoms with Crippen molar-refractivity contribution in [1.82, 2.24) is 24.8 Å². The van der Waals surface area contributed by atoms with Gasteiger partial charge in [-0.15, -0.1) is 0 Å². The maximum absolute atomic E-state index is 12.4. The van der Waals surface area contributed by atoms with Gasteiger partial charge in [0, 0.05) is 18.2 Å². The Morgan fingerprint density at radius 3 is 2.81 bits per heavy atom. The first-order chi connectivity index (χ1) is 13.0. The van der Waals surface area contributed by atoms with Crippen molar-refractivity contribution in [3.63, 3.8) is 0 Å². The average Bonchev–Trinajstić information content (AvgIpc) is 2.94. The highest BCUT2D eigenvalue weighted by atomic mass is 16.5. The molecule has 9 nitrogen and oxygen atoms in total. The predicted molar refractivity (Wildman–Crippen MR) is 99.8 cm³/mol. The lowest BCUT2D eigenvalue weighted by molar-refractivity contribution is 0.0950. The SMILES string of the molecule is CCOCCn1c(=O)[nH]c2cc(C(=O)NCc3cc(=O)[nH]c(C)n3)ccc21. The van der Waals surface area contributed by atoms with E-state index >= 15 is 0 Å². The summed E-state index contributed by atoms with van der Waals surface area (Å²) in [6, 6.07) is 6.34. The van der Waals surface area contributed by atoms with E-state index in [2.05, 4.69) is 20.3 Å². The second-order valence-electron chi connectivity index (χ2n) is 6.02. The first-order valence-electron chi connectivity index (χ1n) is 8.63. The van der Waals surface area contributed by atoms with E-state index in [-0.39, 0.29) is 23.7 Å². The normalized spacial score (nSPS) is 11.0. The van der Waals surface area contributed by atoms with Gasteiger partial charge in [0.1, 0.15) is 5.82 Å². The second kappa shape index (κ2) is 8.00. The second-order valence-corrected chi connectivity index (χ2v) is 6.02. The Balaban J connectivity index is 1.75. The first kappa shape index (κ1) is 18.6. The largest absolute Gasteiger partial charge is 0.380 e. The number of hydrogen-bond acceptors (Lipinski definition) is 5. The number of aryl methyl sites for hydroxylation is 1. The topological polar surface area (TPSA) is 122 Å². The Kier molecular flexibility index (Phi) is 5.51. The number of aromatic nitrogens is 4. The van der Waals surface area contributed by atoms with Gasteiger partial charge >= 0.3 is 5.69 Å². The Morgan fingerprint density at radius 1 is 1.26 bits per heavy atom. The zero-order valence-corrected chi connectivity index (χ0v) is 15.2. The highest BCUT2D eigenvalue weighted by Gasteiger charge is 2.11. The number of carbonyl (C=O) groups excluding carboxylic acids is 1. The molecule has 0 fully saturated rings. The standard InChI is InChI=1S/C18H21N5O4/c1-3-27-7-6-23-15-5-4-12(8-14(15)22-18(23)26)17(25)19-10-13-9-16(24)21-11(2)20-13/h4-5,8-9H,3,6-7,10H2,1-2H3,(H,19,25)(H,22,26)(H,20,21,24). The lowest BCUT2D eigenvalue weighted by Gasteiger charge is -2.06. The molecule has 2 heterocycles. The summed E-state index contributed by atoms with van der Waals surface area (Å²) in [5.41, 5.74) is 1.66. The van der Waals surface area contributed by atoms with E-state index in [4.69, 9.17) is 4.74 Å². The quantitative estimate of drug-likeness (QED) is 0.528. The number of benzene rings is 1. The van der Waals surface area contributed by atoms with E-state index in [0.717, 1.165) is 0 Å². The van der Waals surface area contributed by atoms with Gasteiger partial charge in [0.05, 0.1) is 36.4 Å². The lowest BCUT2D eigenvalue weighted by atomic mass is 10.2. The van der Waals surface area contributed by atoms with Crippen LogP contribution in [-0.4, -0.2) is 38.6 Å². The van der Waals surface area contributed by atoms with Gasteiger partial charge in [-0.2, -0.15) is 0 Å². The maximum Gasteiger partial charge on any atom is 0.326 e. The summed E-state index contributed by atoms with van der Waals surface area (Å²) in [6.07, 6.45) is 0. The van der Waals surface area contributed by atoms with Crippen molar-refractivity contribution in [1.29, 1.82) is 0 Å². The Labute approximate surface area is 154 Å². The molecule has 3 rings (SSSR count). The fourth-order valence-electron chi connectivity index (χ4n) is 2.83. The summed E-state index contributed by atoms with van der Waals surface area (Å²) < 4.78 is 6.87. The molecule has 0 radical (unpaired) electrons. The monoisotopic (exact) mass is 371 g/mol. The molecular weight excluding hydrogens is 350 g/mol. The molecule has 0 aliphatic carbocycles. The van der Waals surface area contributed by atoms with Crippen molar-refractivity contribution in [3.05, 3.63) is 62.2 Å². The van der Waals surface area contributed by atoms with Crippen LogP contribution in [-0.2, 0) is 17.8 Å². The van der Waals surface area contributed by atoms with Crippen LogP contribution in [0, 0.1) is 6.92 Å². The zero-order chi connectivity index (χ0) is 19.4. The Hall–Kier alpha value is -3.20. The number of nitrogens with one attached hydrogen (secondary N) is 3. The van der Waals surface area contributed by atoms with Crippen LogP contribution >= 0.6 is 0 Å². The van der Waals surface area contributed by atoms with Gasteiger partial charge in [-0.25, -0.2) is 9.78 Å². The molecule has 0 atom stereocenters. The molecule has 27 heavy (non-hydrogen) atoms. The molecule has 3 N–H and O–H groups in total. The first-order valence-corrected chi connectivity index (χ1v) is 8.63. The van der Waals surface area contributed by atoms with Crippen molar-refractivity contribution in [3.8, 4) is 0 Å². The van der Waals surface area contributed by atoms with Crippen LogP contribution in [0.1, 0.15) is 28.8 Å². The number of nitrogens with zero attached hydrogens (tertiary/aromatic N) is 2. The third kappa shape index (κ3) is 4.32. The van der Waals surface area contributed by atoms with Crippen LogP contribution in [0.4, 0.5) is 0 Å². The van der Waals surface area contributed by atoms with Gasteiger partial charge in [-0.05, 0) is 32.0 Å². The van der Waals surface area contributed by atoms with Gasteiger partial charge in [-0.1, -0.05) is 0 Å². The van der Waals surface area contributed by atoms with Crippen LogP contribution in [0.25, 0.3) is 11.0 Å². The number of rotatable bonds is 7. The van der Waals surface area contributed by atoms with Crippen LogP contribution in [0.15, 0.2) is 33.9 Å². The summed E-state index contributed by atoms with van der Waals surface area (Å²) in [5.74, 6) is 0.165. The molecule has 0 bridgehead atoms. The fourth-order valence-corrected chi connectivity index (χ4v) is 2.83. The van der Waals surface area contributed by atoms with Crippen LogP contribution in [0.2, 0.25) is 0 Å². The number of aromatic amines is 2. The van der Waals surface area contributed by atoms with Crippen molar-refractivity contribution >= 4 is 16.9 Å². The van der Waals surface area contributed by atoms with Crippen LogP contribution in [0.3, 0.4) is 0 Å². The van der Waals surface area contributed by atoms with E-state index in [9.17, 15) is 14.4 Å². The van der Waals surface area contributed by atoms with Gasteiger partial charge in [-0.3, -0.25) is 14.2 Å². The molecule has 0 aliphatic rings. The molecule has 3 aromatic rings. The highest BCUT2D eigenvalue weighted by Crippen LogP contribution is 2.13. The molecule has 0 aliphatic heterocycles. The summed E-state index contributed by atoms with van der Waals surface area (Å²) in [4.78, 5) is 45.4. The number of H-pyrrole nitrogens is 2. The summed E-state index contributed by atoms with van der Waals surface area (Å²) in [5, 5.41) is 2.72. The predicted octanol–water partition coefficient (Wildman–Crippen LogP) is 0.688. The smallest absolute Gasteiger partial charge is 0.326 e. The molecule has 0 spiro atoms. The third-order valence-electron chi connectivity index (χ3n) is 4.04. The van der Waals surface area contributed by atoms with E-state index in [1.807, 2.05) is 6.92 Å². The number of carbonyl (C=O) groups is 1. The molecule has 2 aromatic heterocycles. The van der Waals surface area contributed by atoms with Gasteiger partial charge in [0.25, 0.3) is 11.5 Å². The summed E-state index contributed by atoms with van der Waals surface area (Å²) in [6.45, 7) is 5.16. The minimum Gasteiger partial charge on any atom is -0.380 e. The van der Waals surface area contributed by atoms with E-state index in [1.54, 1.807) is 29.7 Å². The molecule has 9 heteroatoms. The van der Waals surface area contributed by atoms with Crippen molar-refractivity contribution in [2.75, 3.05) is 13.2 Å². The summed E-state index contributed by atoms with van der Waals surface area (Å²) in [7, 11) is 0. The van der Waals surface area contributed by atoms with E-state index in [1.165, 1.54) is 6.07 Å². The van der Waals surface area contributed by atoms with Crippen LogP contribution < -0.4 is 16.6 Å². The van der Waals surface area contributed by atoms with Crippen molar-refractivity contribution in [2.45, 2.75) is 26.9 Å². The zero-order valence-electron chi connectivity index (χ0n) is 15.2. The molecule has 0 unspecified atom stereocenters. The maximum atomic E-state index is 12.4. The summed E-state index contributed by atoms with van der Waals surface area (Å²) >= 11 is 0. The highest BCUT2D eigenvalue weighted by molar-refractivity contribution is 5.97. The van der Waals surface area contributed by atoms with Gasteiger partial charge in [0.2, 0.25) is 0 Å². The molecule has 0 saturated heterocycles. The number of ether oxygens (including phenoxy) is 1. The third-order valence-corrected chi connectivity index (χ3v) is 4.04. The molecule has 1 amide bonds. The molecule has 1 aromatic carbocycles. The minimum absolute atomic E-state index is 0.132. The number of fused-ring (bicyclic) bond motifs is 1. The van der Waals surface area contributed by atoms with Crippen molar-refractivity contribution in [2.24, 2.45) is 0 Å². The van der Waals surface area contributed by atoms with Gasteiger partial charge < -0.3 is 20.0 Å². The Bertz CT molecular complexity index is 1080. The average molecular weight is 371 g/mol. The van der Waals surface area contributed by atoms with Gasteiger partial charge in [0.15, 0.2) is 0 Å². The fraction of sp³-hybridized carbons (Fsp3) is 0.333. The van der Waals surface area contributed by atoms with E-state index in [0.29, 0.717) is 47.9 Å². The molecule has 142 valence electrons. The minimum atomic E-state index is -0.320. The van der Waals surface area contributed by atoms with Crippen LogP contribution in [0.5, 0.6) is 0 Å². The van der Waals surface area contributed by atoms with Crippen molar-refractivity contribution < 1.29 is 9.53 Å². The number of imidazole rings is 1. The molecule has 0 saturated carbocycles. The number of amides is 1. The molecular formula is C18H21N5O4. The number of hydrogen-bond donors (Lipinski definition) is 3. The van der Waals surface area contributed by atoms with E-state index < -0.39 is 0 Å². The Morgan fingerprint density at radius 2 is 2.07 bits per heavy atom.